The van der Waals surface area contributed by atoms with Crippen molar-refractivity contribution in [3.05, 3.63) is 53.6 Å². The summed E-state index contributed by atoms with van der Waals surface area (Å²) < 4.78 is 15.7. The van der Waals surface area contributed by atoms with Crippen LogP contribution in [0.4, 0.5) is 0 Å². The summed E-state index contributed by atoms with van der Waals surface area (Å²) in [5.41, 5.74) is -0.100. The number of Topliss-reactive ketones (excluding diaryl/α,β-unsaturated/α-hetero) is 2. The van der Waals surface area contributed by atoms with Crippen molar-refractivity contribution in [2.24, 2.45) is 0 Å². The van der Waals surface area contributed by atoms with Crippen molar-refractivity contribution in [2.45, 2.75) is 30.7 Å². The number of carbonyl (C=O) groups excluding carboxylic acids is 2. The molecule has 10 heteroatoms. The Morgan fingerprint density at radius 3 is 2.29 bits per heavy atom. The lowest BCUT2D eigenvalue weighted by Crippen LogP contribution is -2.60. The highest BCUT2D eigenvalue weighted by atomic mass is 16.7. The minimum absolute atomic E-state index is 0.0871. The molecule has 0 radical (unpaired) electrons. The van der Waals surface area contributed by atoms with Crippen LogP contribution >= 0.6 is 0 Å². The summed E-state index contributed by atoms with van der Waals surface area (Å²) in [7, 11) is 1.42. The molecule has 1 heterocycles. The maximum absolute atomic E-state index is 12.7. The zero-order valence-corrected chi connectivity index (χ0v) is 16.4. The highest BCUT2D eigenvalue weighted by molar-refractivity contribution is 6.49. The Bertz CT molecular complexity index is 957. The number of hydrogen-bond donors (Lipinski definition) is 5. The average molecular weight is 434 g/mol. The van der Waals surface area contributed by atoms with Gasteiger partial charge < -0.3 is 39.7 Å². The van der Waals surface area contributed by atoms with Crippen molar-refractivity contribution in [2.75, 3.05) is 13.7 Å². The smallest absolute Gasteiger partial charge is 0.233 e. The molecule has 0 unspecified atom stereocenters. The van der Waals surface area contributed by atoms with E-state index in [0.29, 0.717) is 5.75 Å². The van der Waals surface area contributed by atoms with E-state index in [9.17, 15) is 35.1 Å². The SMILES string of the molecule is COc1cccc(C(=O)C(=O)c2cc(O)cc(O[C@@H]3O[C@H](CO)[C@@H](O)[C@H](O)[C@H]3O)c2)c1. The van der Waals surface area contributed by atoms with Gasteiger partial charge in [-0.2, -0.15) is 0 Å². The maximum Gasteiger partial charge on any atom is 0.233 e. The van der Waals surface area contributed by atoms with Crippen LogP contribution in [-0.2, 0) is 4.74 Å². The molecule has 1 aliphatic rings. The minimum atomic E-state index is -1.68. The Hall–Kier alpha value is -3.02. The Labute approximate surface area is 176 Å². The molecule has 0 amide bonds. The lowest BCUT2D eigenvalue weighted by atomic mass is 9.99. The number of benzene rings is 2. The highest BCUT2D eigenvalue weighted by Gasteiger charge is 2.44. The van der Waals surface area contributed by atoms with E-state index in [0.717, 1.165) is 18.2 Å². The number of phenols is 1. The van der Waals surface area contributed by atoms with Gasteiger partial charge >= 0.3 is 0 Å². The van der Waals surface area contributed by atoms with Gasteiger partial charge in [-0.3, -0.25) is 9.59 Å². The third-order valence-corrected chi connectivity index (χ3v) is 4.79. The summed E-state index contributed by atoms with van der Waals surface area (Å²) in [5.74, 6) is -1.93. The number of aromatic hydroxyl groups is 1. The zero-order valence-electron chi connectivity index (χ0n) is 16.4. The number of aliphatic hydroxyl groups excluding tert-OH is 4. The molecule has 0 saturated carbocycles. The second kappa shape index (κ2) is 9.41. The molecule has 10 nitrogen and oxygen atoms in total. The van der Waals surface area contributed by atoms with Gasteiger partial charge in [0.15, 0.2) is 0 Å². The van der Waals surface area contributed by atoms with Gasteiger partial charge in [0.25, 0.3) is 0 Å². The van der Waals surface area contributed by atoms with Crippen LogP contribution in [-0.4, -0.2) is 81.5 Å². The molecule has 31 heavy (non-hydrogen) atoms. The highest BCUT2D eigenvalue weighted by Crippen LogP contribution is 2.28. The van der Waals surface area contributed by atoms with Gasteiger partial charge in [0.2, 0.25) is 17.9 Å². The number of rotatable bonds is 7. The van der Waals surface area contributed by atoms with Gasteiger partial charge in [0.05, 0.1) is 13.7 Å². The predicted molar refractivity (Wildman–Crippen MR) is 104 cm³/mol. The first-order chi connectivity index (χ1) is 14.7. The second-order valence-corrected chi connectivity index (χ2v) is 6.92. The monoisotopic (exact) mass is 434 g/mol. The van der Waals surface area contributed by atoms with E-state index in [4.69, 9.17) is 14.2 Å². The largest absolute Gasteiger partial charge is 0.508 e. The number of carbonyl (C=O) groups is 2. The van der Waals surface area contributed by atoms with Crippen LogP contribution in [0.2, 0.25) is 0 Å². The van der Waals surface area contributed by atoms with E-state index >= 15 is 0 Å². The lowest BCUT2D eigenvalue weighted by molar-refractivity contribution is -0.277. The molecule has 1 fully saturated rings. The summed E-state index contributed by atoms with van der Waals surface area (Å²) in [5, 5.41) is 49.0. The molecular formula is C21H22O10. The summed E-state index contributed by atoms with van der Waals surface area (Å²) in [4.78, 5) is 25.2. The fraction of sp³-hybridized carbons (Fsp3) is 0.333. The molecule has 5 N–H and O–H groups in total. The van der Waals surface area contributed by atoms with E-state index in [-0.39, 0.29) is 16.9 Å². The maximum atomic E-state index is 12.7. The molecule has 1 saturated heterocycles. The van der Waals surface area contributed by atoms with Crippen LogP contribution in [0.25, 0.3) is 0 Å². The second-order valence-electron chi connectivity index (χ2n) is 6.92. The van der Waals surface area contributed by atoms with Gasteiger partial charge in [-0.15, -0.1) is 0 Å². The normalized spacial score (nSPS) is 25.6. The van der Waals surface area contributed by atoms with E-state index in [2.05, 4.69) is 0 Å². The summed E-state index contributed by atoms with van der Waals surface area (Å²) in [6.45, 7) is -0.649. The van der Waals surface area contributed by atoms with Gasteiger partial charge in [0.1, 0.15) is 41.7 Å². The summed E-state index contributed by atoms with van der Waals surface area (Å²) >= 11 is 0. The van der Waals surface area contributed by atoms with Crippen molar-refractivity contribution in [1.29, 1.82) is 0 Å². The zero-order chi connectivity index (χ0) is 22.7. The molecule has 2 aromatic rings. The van der Waals surface area contributed by atoms with Gasteiger partial charge in [-0.1, -0.05) is 12.1 Å². The summed E-state index contributed by atoms with van der Waals surface area (Å²) in [6.07, 6.45) is -7.63. The molecule has 1 aliphatic heterocycles. The molecule has 0 bridgehead atoms. The fourth-order valence-corrected chi connectivity index (χ4v) is 3.11. The number of ketones is 2. The van der Waals surface area contributed by atoms with E-state index in [1.54, 1.807) is 12.1 Å². The topological polar surface area (TPSA) is 163 Å². The van der Waals surface area contributed by atoms with Crippen LogP contribution < -0.4 is 9.47 Å². The number of hydrogen-bond acceptors (Lipinski definition) is 10. The summed E-state index contributed by atoms with van der Waals surface area (Å²) in [6, 6.07) is 9.33. The van der Waals surface area contributed by atoms with Crippen LogP contribution in [0.1, 0.15) is 20.7 Å². The molecule has 0 spiro atoms. The quantitative estimate of drug-likeness (QED) is 0.287. The average Bonchev–Trinajstić information content (AvgIpc) is 2.78. The van der Waals surface area contributed by atoms with E-state index in [1.165, 1.54) is 19.2 Å². The fourth-order valence-electron chi connectivity index (χ4n) is 3.11. The molecule has 2 aromatic carbocycles. The van der Waals surface area contributed by atoms with Crippen molar-refractivity contribution >= 4 is 11.6 Å². The number of phenolic OH excluding ortho intramolecular Hbond substituents is 1. The first-order valence-electron chi connectivity index (χ1n) is 9.29. The van der Waals surface area contributed by atoms with Gasteiger partial charge in [-0.25, -0.2) is 0 Å². The van der Waals surface area contributed by atoms with Crippen molar-refractivity contribution in [3.8, 4) is 17.2 Å². The van der Waals surface area contributed by atoms with Crippen LogP contribution in [0.15, 0.2) is 42.5 Å². The minimum Gasteiger partial charge on any atom is -0.508 e. The Kier molecular flexibility index (Phi) is 6.88. The van der Waals surface area contributed by atoms with Crippen LogP contribution in [0.3, 0.4) is 0 Å². The Morgan fingerprint density at radius 2 is 1.61 bits per heavy atom. The van der Waals surface area contributed by atoms with Crippen LogP contribution in [0.5, 0.6) is 17.2 Å². The third-order valence-electron chi connectivity index (χ3n) is 4.79. The van der Waals surface area contributed by atoms with Gasteiger partial charge in [0, 0.05) is 17.2 Å². The van der Waals surface area contributed by atoms with Crippen LogP contribution in [0, 0.1) is 0 Å². The molecule has 3 rings (SSSR count). The molecule has 5 atom stereocenters. The number of ether oxygens (including phenoxy) is 3. The molecular weight excluding hydrogens is 412 g/mol. The molecule has 166 valence electrons. The van der Waals surface area contributed by atoms with E-state index < -0.39 is 54.6 Å². The Balaban J connectivity index is 1.83. The number of aliphatic hydroxyl groups is 4. The first kappa shape index (κ1) is 22.7. The molecule has 0 aromatic heterocycles. The molecule has 0 aliphatic carbocycles. The lowest BCUT2D eigenvalue weighted by Gasteiger charge is -2.39. The van der Waals surface area contributed by atoms with Crippen molar-refractivity contribution < 1.29 is 49.3 Å². The van der Waals surface area contributed by atoms with Crippen molar-refractivity contribution in [3.63, 3.8) is 0 Å². The van der Waals surface area contributed by atoms with Crippen molar-refractivity contribution in [1.82, 2.24) is 0 Å². The van der Waals surface area contributed by atoms with Gasteiger partial charge in [-0.05, 0) is 24.3 Å². The third kappa shape index (κ3) is 4.84. The standard InChI is InChI=1S/C21H22O10/c1-29-13-4-2-3-10(6-13)16(24)17(25)11-5-12(23)8-14(7-11)30-21-20(28)19(27)18(26)15(9-22)31-21/h2-8,15,18-23,26-28H,9H2,1H3/t15-,18-,19+,20-,21-/m1/s1. The first-order valence-corrected chi connectivity index (χ1v) is 9.29. The number of methoxy groups -OCH3 is 1. The van der Waals surface area contributed by atoms with E-state index in [1.807, 2.05) is 0 Å². The Morgan fingerprint density at radius 1 is 0.935 bits per heavy atom. The predicted octanol–water partition coefficient (Wildman–Crippen LogP) is -0.355.